The van der Waals surface area contributed by atoms with E-state index in [1.807, 2.05) is 29.2 Å². The summed E-state index contributed by atoms with van der Waals surface area (Å²) in [4.78, 5) is 5.25. The highest BCUT2D eigenvalue weighted by atomic mass is 35.5. The summed E-state index contributed by atoms with van der Waals surface area (Å²) in [7, 11) is 0. The van der Waals surface area contributed by atoms with Crippen LogP contribution in [0.3, 0.4) is 0 Å². The molecule has 30 heavy (non-hydrogen) atoms. The first-order chi connectivity index (χ1) is 14.7. The number of fused-ring (bicyclic) bond motifs is 1. The second-order valence-corrected chi connectivity index (χ2v) is 8.60. The molecule has 1 atom stereocenters. The molecule has 4 aromatic rings. The summed E-state index contributed by atoms with van der Waals surface area (Å²) in [5, 5.41) is 23.2. The van der Waals surface area contributed by atoms with E-state index in [-0.39, 0.29) is 0 Å². The summed E-state index contributed by atoms with van der Waals surface area (Å²) in [6.45, 7) is 2.00. The van der Waals surface area contributed by atoms with Gasteiger partial charge in [-0.05, 0) is 37.6 Å². The molecule has 7 nitrogen and oxygen atoms in total. The molecular formula is C21H18ClN7S. The van der Waals surface area contributed by atoms with E-state index < -0.39 is 0 Å². The number of hydrogen-bond acceptors (Lipinski definition) is 6. The molecule has 1 aliphatic rings. The lowest BCUT2D eigenvalue weighted by atomic mass is 10.1. The van der Waals surface area contributed by atoms with E-state index in [1.54, 1.807) is 23.0 Å². The largest absolute Gasteiger partial charge is 0.315 e. The van der Waals surface area contributed by atoms with Crippen molar-refractivity contribution in [2.75, 3.05) is 13.1 Å². The summed E-state index contributed by atoms with van der Waals surface area (Å²) >= 11 is 7.76. The van der Waals surface area contributed by atoms with Crippen LogP contribution >= 0.6 is 23.4 Å². The van der Waals surface area contributed by atoms with Crippen molar-refractivity contribution in [3.05, 3.63) is 59.8 Å². The van der Waals surface area contributed by atoms with Gasteiger partial charge in [0.05, 0.1) is 34.5 Å². The molecule has 1 saturated heterocycles. The lowest BCUT2D eigenvalue weighted by Gasteiger charge is -2.22. The molecule has 5 heterocycles. The van der Waals surface area contributed by atoms with Gasteiger partial charge in [0.1, 0.15) is 11.1 Å². The van der Waals surface area contributed by atoms with Gasteiger partial charge in [0, 0.05) is 41.2 Å². The van der Waals surface area contributed by atoms with Gasteiger partial charge in [-0.3, -0.25) is 4.68 Å². The second kappa shape index (κ2) is 8.11. The molecule has 0 radical (unpaired) electrons. The van der Waals surface area contributed by atoms with Crippen molar-refractivity contribution in [2.45, 2.75) is 28.8 Å². The van der Waals surface area contributed by atoms with Crippen LogP contribution in [-0.2, 0) is 0 Å². The van der Waals surface area contributed by atoms with E-state index >= 15 is 0 Å². The maximum atomic E-state index is 9.53. The minimum atomic E-state index is 0.368. The number of hydrogen-bond donors (Lipinski definition) is 1. The number of nitrogens with zero attached hydrogens (tertiary/aromatic N) is 6. The fourth-order valence-electron chi connectivity index (χ4n) is 3.70. The Labute approximate surface area is 182 Å². The highest BCUT2D eigenvalue weighted by Gasteiger charge is 2.18. The third-order valence-electron chi connectivity index (χ3n) is 5.21. The van der Waals surface area contributed by atoms with Crippen LogP contribution in [0.4, 0.5) is 0 Å². The van der Waals surface area contributed by atoms with Crippen molar-refractivity contribution >= 4 is 28.9 Å². The Kier molecular flexibility index (Phi) is 5.17. The number of nitriles is 1. The summed E-state index contributed by atoms with van der Waals surface area (Å²) in [6, 6.07) is 8.25. The third-order valence-corrected chi connectivity index (χ3v) is 6.68. The molecule has 150 valence electrons. The fourth-order valence-corrected chi connectivity index (χ4v) is 4.91. The maximum absolute atomic E-state index is 9.53. The van der Waals surface area contributed by atoms with Crippen molar-refractivity contribution in [3.8, 4) is 17.2 Å². The Morgan fingerprint density at radius 2 is 2.17 bits per heavy atom. The van der Waals surface area contributed by atoms with Gasteiger partial charge in [0.25, 0.3) is 0 Å². The van der Waals surface area contributed by atoms with Crippen molar-refractivity contribution < 1.29 is 0 Å². The van der Waals surface area contributed by atoms with Crippen LogP contribution in [0.25, 0.3) is 16.6 Å². The van der Waals surface area contributed by atoms with E-state index in [4.69, 9.17) is 11.6 Å². The third kappa shape index (κ3) is 3.56. The van der Waals surface area contributed by atoms with E-state index in [0.717, 1.165) is 47.5 Å². The van der Waals surface area contributed by atoms with Crippen LogP contribution in [0.2, 0.25) is 5.02 Å². The number of rotatable bonds is 4. The summed E-state index contributed by atoms with van der Waals surface area (Å²) in [5.74, 6) is 0. The zero-order chi connectivity index (χ0) is 20.5. The van der Waals surface area contributed by atoms with Crippen LogP contribution in [0.15, 0.2) is 59.1 Å². The maximum Gasteiger partial charge on any atom is 0.119 e. The minimum Gasteiger partial charge on any atom is -0.315 e. The Bertz CT molecular complexity index is 1250. The van der Waals surface area contributed by atoms with Crippen LogP contribution in [0.1, 0.15) is 24.4 Å². The molecule has 0 aliphatic carbocycles. The minimum absolute atomic E-state index is 0.368. The van der Waals surface area contributed by atoms with Gasteiger partial charge in [-0.25, -0.2) is 9.50 Å². The lowest BCUT2D eigenvalue weighted by Crippen LogP contribution is -2.31. The Balaban J connectivity index is 1.58. The molecule has 5 rings (SSSR count). The lowest BCUT2D eigenvalue weighted by molar-refractivity contribution is 0.347. The molecular weight excluding hydrogens is 418 g/mol. The first-order valence-electron chi connectivity index (χ1n) is 9.68. The molecule has 1 N–H and O–H groups in total. The molecule has 0 aromatic carbocycles. The zero-order valence-corrected chi connectivity index (χ0v) is 17.6. The van der Waals surface area contributed by atoms with E-state index in [9.17, 15) is 5.26 Å². The number of piperidine rings is 1. The second-order valence-electron chi connectivity index (χ2n) is 7.16. The van der Waals surface area contributed by atoms with Crippen LogP contribution < -0.4 is 5.32 Å². The van der Waals surface area contributed by atoms with Crippen LogP contribution in [0.5, 0.6) is 0 Å². The molecule has 0 spiro atoms. The average molecular weight is 436 g/mol. The summed E-state index contributed by atoms with van der Waals surface area (Å²) in [5.41, 5.74) is 3.24. The standard InChI is InChI=1S/C21H18ClN7S/c22-18-4-2-6-25-21(18)30-19-7-14(12-29-20(19)15(8-23)9-27-29)16-10-26-28(13-16)17-3-1-5-24-11-17/h2,4,6-7,9-10,12-13,17,24H,1,3,5,11H2/t17-/m0/s1. The predicted molar refractivity (Wildman–Crippen MR) is 116 cm³/mol. The number of pyridine rings is 2. The number of aromatic nitrogens is 5. The van der Waals surface area contributed by atoms with Gasteiger partial charge >= 0.3 is 0 Å². The molecule has 0 amide bonds. The quantitative estimate of drug-likeness (QED) is 0.517. The molecule has 1 fully saturated rings. The SMILES string of the molecule is N#Cc1cnn2cc(-c3cnn([C@H]4CCCNC4)c3)cc(Sc3ncccc3Cl)c12. The average Bonchev–Trinajstić information content (AvgIpc) is 3.43. The van der Waals surface area contributed by atoms with E-state index in [2.05, 4.69) is 32.8 Å². The van der Waals surface area contributed by atoms with Gasteiger partial charge in [0.2, 0.25) is 0 Å². The Morgan fingerprint density at radius 1 is 1.23 bits per heavy atom. The number of nitrogens with one attached hydrogen (secondary N) is 1. The smallest absolute Gasteiger partial charge is 0.119 e. The van der Waals surface area contributed by atoms with Crippen molar-refractivity contribution in [1.82, 2.24) is 29.7 Å². The molecule has 4 aromatic heterocycles. The molecule has 0 saturated carbocycles. The van der Waals surface area contributed by atoms with Crippen LogP contribution in [0, 0.1) is 11.3 Å². The first kappa shape index (κ1) is 19.1. The molecule has 9 heteroatoms. The van der Waals surface area contributed by atoms with Gasteiger partial charge in [0.15, 0.2) is 0 Å². The first-order valence-corrected chi connectivity index (χ1v) is 10.9. The Morgan fingerprint density at radius 3 is 2.97 bits per heavy atom. The van der Waals surface area contributed by atoms with E-state index in [1.165, 1.54) is 11.8 Å². The Hall–Kier alpha value is -2.86. The van der Waals surface area contributed by atoms with Gasteiger partial charge in [-0.15, -0.1) is 0 Å². The fraction of sp³-hybridized carbons (Fsp3) is 0.238. The normalized spacial score (nSPS) is 16.6. The van der Waals surface area contributed by atoms with Crippen molar-refractivity contribution in [1.29, 1.82) is 5.26 Å². The van der Waals surface area contributed by atoms with Gasteiger partial charge < -0.3 is 5.32 Å². The zero-order valence-electron chi connectivity index (χ0n) is 16.0. The van der Waals surface area contributed by atoms with Crippen molar-refractivity contribution in [3.63, 3.8) is 0 Å². The topological polar surface area (TPSA) is 83.8 Å². The summed E-state index contributed by atoms with van der Waals surface area (Å²) in [6.07, 6.45) is 11.5. The monoisotopic (exact) mass is 435 g/mol. The van der Waals surface area contributed by atoms with Gasteiger partial charge in [-0.2, -0.15) is 15.5 Å². The van der Waals surface area contributed by atoms with Crippen molar-refractivity contribution in [2.24, 2.45) is 0 Å². The highest BCUT2D eigenvalue weighted by molar-refractivity contribution is 7.99. The number of halogens is 1. The molecule has 0 bridgehead atoms. The van der Waals surface area contributed by atoms with Crippen LogP contribution in [-0.4, -0.2) is 37.5 Å². The van der Waals surface area contributed by atoms with E-state index in [0.29, 0.717) is 21.7 Å². The molecule has 0 unspecified atom stereocenters. The van der Waals surface area contributed by atoms with Gasteiger partial charge in [-0.1, -0.05) is 23.4 Å². The predicted octanol–water partition coefficient (Wildman–Crippen LogP) is 4.19. The molecule has 1 aliphatic heterocycles. The summed E-state index contributed by atoms with van der Waals surface area (Å²) < 4.78 is 3.78. The highest BCUT2D eigenvalue weighted by Crippen LogP contribution is 2.37.